The average Bonchev–Trinajstić information content (AvgIpc) is 3.11. The van der Waals surface area contributed by atoms with Gasteiger partial charge >= 0.3 is 0 Å². The second kappa shape index (κ2) is 11.8. The van der Waals surface area contributed by atoms with Crippen molar-refractivity contribution in [2.24, 2.45) is 0 Å². The molecule has 0 spiro atoms. The van der Waals surface area contributed by atoms with Crippen LogP contribution in [0.15, 0.2) is 77.7 Å². The van der Waals surface area contributed by atoms with Crippen molar-refractivity contribution in [3.05, 3.63) is 93.9 Å². The van der Waals surface area contributed by atoms with Crippen LogP contribution in [0.3, 0.4) is 0 Å². The van der Waals surface area contributed by atoms with E-state index < -0.39 is 0 Å². The van der Waals surface area contributed by atoms with Gasteiger partial charge in [0.1, 0.15) is 18.1 Å². The summed E-state index contributed by atoms with van der Waals surface area (Å²) in [7, 11) is 0. The minimum atomic E-state index is -0.383. The van der Waals surface area contributed by atoms with Crippen LogP contribution in [0, 0.1) is 6.92 Å². The third-order valence-electron chi connectivity index (χ3n) is 5.12. The highest BCUT2D eigenvalue weighted by molar-refractivity contribution is 8.18. The molecule has 3 aromatic carbocycles. The molecule has 0 radical (unpaired) electrons. The minimum Gasteiger partial charge on any atom is -0.492 e. The second-order valence-electron chi connectivity index (χ2n) is 7.89. The average molecular weight is 523 g/mol. The maximum absolute atomic E-state index is 12.8. The number of hydrogen-bond donors (Lipinski definition) is 1. The molecule has 1 heterocycles. The zero-order chi connectivity index (χ0) is 25.5. The first-order chi connectivity index (χ1) is 17.4. The molecule has 0 aliphatic carbocycles. The predicted octanol–water partition coefficient (Wildman–Crippen LogP) is 5.78. The third-order valence-corrected chi connectivity index (χ3v) is 6.32. The Labute approximate surface area is 218 Å². The molecule has 1 N–H and O–H groups in total. The topological polar surface area (TPSA) is 84.9 Å². The lowest BCUT2D eigenvalue weighted by Gasteiger charge is -2.13. The Morgan fingerprint density at radius 1 is 1.03 bits per heavy atom. The maximum Gasteiger partial charge on any atom is 0.293 e. The van der Waals surface area contributed by atoms with Crippen molar-refractivity contribution in [2.75, 3.05) is 25.1 Å². The highest BCUT2D eigenvalue weighted by Gasteiger charge is 2.34. The van der Waals surface area contributed by atoms with Gasteiger partial charge in [-0.1, -0.05) is 48.0 Å². The van der Waals surface area contributed by atoms with Crippen LogP contribution in [-0.4, -0.2) is 41.7 Å². The van der Waals surface area contributed by atoms with Gasteiger partial charge in [-0.15, -0.1) is 0 Å². The normalized spacial score (nSPS) is 14.3. The SMILES string of the molecule is Cc1cccc(OCCN2C(=O)S/C(=C\c3ccc(OCC(=O)Nc4ccccc4)c(Cl)c3)C2=O)c1. The highest BCUT2D eigenvalue weighted by atomic mass is 35.5. The molecule has 0 bridgehead atoms. The summed E-state index contributed by atoms with van der Waals surface area (Å²) in [5, 5.41) is 2.66. The van der Waals surface area contributed by atoms with E-state index in [0.29, 0.717) is 27.7 Å². The van der Waals surface area contributed by atoms with E-state index in [-0.39, 0.29) is 41.8 Å². The number of nitrogens with one attached hydrogen (secondary N) is 1. The largest absolute Gasteiger partial charge is 0.492 e. The molecule has 3 aromatic rings. The number of para-hydroxylation sites is 1. The number of hydrogen-bond acceptors (Lipinski definition) is 6. The van der Waals surface area contributed by atoms with Crippen molar-refractivity contribution >= 4 is 52.2 Å². The van der Waals surface area contributed by atoms with Crippen molar-refractivity contribution in [1.82, 2.24) is 4.90 Å². The molecule has 1 fully saturated rings. The zero-order valence-electron chi connectivity index (χ0n) is 19.4. The number of carbonyl (C=O) groups is 3. The molecule has 0 unspecified atom stereocenters. The van der Waals surface area contributed by atoms with Crippen LogP contribution in [0.1, 0.15) is 11.1 Å². The van der Waals surface area contributed by atoms with Gasteiger partial charge in [-0.05, 0) is 72.3 Å². The number of amides is 3. The minimum absolute atomic E-state index is 0.147. The predicted molar refractivity (Wildman–Crippen MR) is 141 cm³/mol. The fourth-order valence-corrected chi connectivity index (χ4v) is 4.50. The van der Waals surface area contributed by atoms with Gasteiger partial charge in [-0.25, -0.2) is 0 Å². The highest BCUT2D eigenvalue weighted by Crippen LogP contribution is 2.33. The van der Waals surface area contributed by atoms with E-state index in [9.17, 15) is 14.4 Å². The van der Waals surface area contributed by atoms with Crippen LogP contribution in [0.5, 0.6) is 11.5 Å². The van der Waals surface area contributed by atoms with Crippen LogP contribution in [-0.2, 0) is 9.59 Å². The van der Waals surface area contributed by atoms with Crippen molar-refractivity contribution in [2.45, 2.75) is 6.92 Å². The molecule has 1 aliphatic rings. The fraction of sp³-hybridized carbons (Fsp3) is 0.148. The van der Waals surface area contributed by atoms with Crippen LogP contribution in [0.25, 0.3) is 6.08 Å². The molecule has 3 amide bonds. The summed E-state index contributed by atoms with van der Waals surface area (Å²) in [6, 6.07) is 21.5. The lowest BCUT2D eigenvalue weighted by Crippen LogP contribution is -2.32. The van der Waals surface area contributed by atoms with Crippen molar-refractivity contribution in [1.29, 1.82) is 0 Å². The van der Waals surface area contributed by atoms with Crippen LogP contribution >= 0.6 is 23.4 Å². The Hall–Kier alpha value is -3.75. The number of carbonyl (C=O) groups excluding carboxylic acids is 3. The molecular formula is C27H23ClN2O5S. The van der Waals surface area contributed by atoms with Gasteiger partial charge in [-0.2, -0.15) is 0 Å². The molecule has 1 saturated heterocycles. The molecule has 0 aromatic heterocycles. The number of benzene rings is 3. The van der Waals surface area contributed by atoms with Crippen LogP contribution in [0.2, 0.25) is 5.02 Å². The van der Waals surface area contributed by atoms with Gasteiger partial charge < -0.3 is 14.8 Å². The van der Waals surface area contributed by atoms with E-state index in [1.54, 1.807) is 36.4 Å². The molecule has 1 aliphatic heterocycles. The molecule has 9 heteroatoms. The standard InChI is InChI=1S/C27H23ClN2O5S/c1-18-6-5-9-21(14-18)34-13-12-30-26(32)24(36-27(30)33)16-19-10-11-23(22(28)15-19)35-17-25(31)29-20-7-3-2-4-8-20/h2-11,14-16H,12-13,17H2,1H3,(H,29,31)/b24-16-. The van der Waals surface area contributed by atoms with Gasteiger partial charge in [0.05, 0.1) is 16.5 Å². The molecular weight excluding hydrogens is 500 g/mol. The zero-order valence-corrected chi connectivity index (χ0v) is 21.0. The number of aryl methyl sites for hydroxylation is 1. The van der Waals surface area contributed by atoms with Gasteiger partial charge in [0, 0.05) is 5.69 Å². The summed E-state index contributed by atoms with van der Waals surface area (Å²) in [6.45, 7) is 2.10. The quantitative estimate of drug-likeness (QED) is 0.358. The Morgan fingerprint density at radius 2 is 1.83 bits per heavy atom. The van der Waals surface area contributed by atoms with E-state index in [0.717, 1.165) is 22.2 Å². The van der Waals surface area contributed by atoms with E-state index in [2.05, 4.69) is 5.32 Å². The number of nitrogens with zero attached hydrogens (tertiary/aromatic N) is 1. The lowest BCUT2D eigenvalue weighted by atomic mass is 10.2. The summed E-state index contributed by atoms with van der Waals surface area (Å²) in [6.07, 6.45) is 1.60. The summed E-state index contributed by atoms with van der Waals surface area (Å²) < 4.78 is 11.2. The first-order valence-electron chi connectivity index (χ1n) is 11.1. The fourth-order valence-electron chi connectivity index (χ4n) is 3.39. The summed E-state index contributed by atoms with van der Waals surface area (Å²) >= 11 is 7.18. The lowest BCUT2D eigenvalue weighted by molar-refractivity contribution is -0.123. The number of rotatable bonds is 9. The molecule has 0 atom stereocenters. The van der Waals surface area contributed by atoms with Crippen molar-refractivity contribution in [3.8, 4) is 11.5 Å². The number of anilines is 1. The van der Waals surface area contributed by atoms with Crippen LogP contribution in [0.4, 0.5) is 10.5 Å². The van der Waals surface area contributed by atoms with E-state index >= 15 is 0 Å². The number of ether oxygens (including phenoxy) is 2. The smallest absolute Gasteiger partial charge is 0.293 e. The number of thioether (sulfide) groups is 1. The molecule has 7 nitrogen and oxygen atoms in total. The Balaban J connectivity index is 1.32. The monoisotopic (exact) mass is 522 g/mol. The Morgan fingerprint density at radius 3 is 2.58 bits per heavy atom. The number of halogens is 1. The van der Waals surface area contributed by atoms with Crippen LogP contribution < -0.4 is 14.8 Å². The molecule has 0 saturated carbocycles. The van der Waals surface area contributed by atoms with E-state index in [1.165, 1.54) is 0 Å². The summed E-state index contributed by atoms with van der Waals surface area (Å²) in [4.78, 5) is 38.7. The third kappa shape index (κ3) is 6.68. The van der Waals surface area contributed by atoms with Crippen molar-refractivity contribution < 1.29 is 23.9 Å². The molecule has 36 heavy (non-hydrogen) atoms. The first-order valence-corrected chi connectivity index (χ1v) is 12.3. The Bertz CT molecular complexity index is 1310. The van der Waals surface area contributed by atoms with Gasteiger partial charge in [0.2, 0.25) is 0 Å². The summed E-state index contributed by atoms with van der Waals surface area (Å²) in [5.41, 5.74) is 2.36. The van der Waals surface area contributed by atoms with Crippen molar-refractivity contribution in [3.63, 3.8) is 0 Å². The first kappa shape index (κ1) is 25.3. The van der Waals surface area contributed by atoms with Gasteiger partial charge in [0.25, 0.3) is 17.1 Å². The Kier molecular flexibility index (Phi) is 8.30. The van der Waals surface area contributed by atoms with E-state index in [4.69, 9.17) is 21.1 Å². The van der Waals surface area contributed by atoms with Gasteiger partial charge in [-0.3, -0.25) is 19.3 Å². The molecule has 4 rings (SSSR count). The number of imide groups is 1. The molecule has 184 valence electrons. The summed E-state index contributed by atoms with van der Waals surface area (Å²) in [5.74, 6) is 0.318. The van der Waals surface area contributed by atoms with Gasteiger partial charge in [0.15, 0.2) is 6.61 Å². The van der Waals surface area contributed by atoms with E-state index in [1.807, 2.05) is 49.4 Å². The second-order valence-corrected chi connectivity index (χ2v) is 9.29. The maximum atomic E-state index is 12.8.